The number of ether oxygens (including phenoxy) is 1. The molecule has 21 heavy (non-hydrogen) atoms. The number of pyridine rings is 1. The second-order valence-electron chi connectivity index (χ2n) is 4.58. The summed E-state index contributed by atoms with van der Waals surface area (Å²) in [4.78, 5) is 12.4. The summed E-state index contributed by atoms with van der Waals surface area (Å²) >= 11 is 0. The maximum Gasteiger partial charge on any atom is 0.321 e. The Morgan fingerprint density at radius 3 is 2.67 bits per heavy atom. The average Bonchev–Trinajstić information content (AvgIpc) is 2.93. The average molecular weight is 281 g/mol. The summed E-state index contributed by atoms with van der Waals surface area (Å²) in [6.07, 6.45) is 1.85. The number of carbonyl (C=O) groups excluding carboxylic acids is 1. The number of benzene rings is 1. The summed E-state index contributed by atoms with van der Waals surface area (Å²) in [7, 11) is 0. The van der Waals surface area contributed by atoms with Crippen molar-refractivity contribution in [2.45, 2.75) is 12.8 Å². The van der Waals surface area contributed by atoms with E-state index in [9.17, 15) is 4.79 Å². The summed E-state index contributed by atoms with van der Waals surface area (Å²) in [5.41, 5.74) is 1.55. The maximum absolute atomic E-state index is 12.4. The fraction of sp³-hybridized carbons (Fsp3) is 0.188. The number of nitrogens with zero attached hydrogens (tertiary/aromatic N) is 3. The Kier molecular flexibility index (Phi) is 3.64. The standard InChI is InChI=1S/C16H15N3O2/c1-2-21-16(20)14(12-8-4-3-5-9-12)15-18-17-13-10-6-7-11-19(13)15/h3-11,14H,2H2,1H3. The van der Waals surface area contributed by atoms with E-state index in [1.54, 1.807) is 6.92 Å². The summed E-state index contributed by atoms with van der Waals surface area (Å²) in [5.74, 6) is -0.333. The first-order chi connectivity index (χ1) is 10.3. The minimum Gasteiger partial charge on any atom is -0.465 e. The maximum atomic E-state index is 12.4. The molecule has 5 nitrogen and oxygen atoms in total. The van der Waals surface area contributed by atoms with Gasteiger partial charge in [0.1, 0.15) is 5.92 Å². The predicted molar refractivity (Wildman–Crippen MR) is 77.9 cm³/mol. The summed E-state index contributed by atoms with van der Waals surface area (Å²) in [6.45, 7) is 2.13. The van der Waals surface area contributed by atoms with Crippen LogP contribution < -0.4 is 0 Å². The zero-order valence-electron chi connectivity index (χ0n) is 11.6. The molecule has 0 saturated carbocycles. The van der Waals surface area contributed by atoms with Gasteiger partial charge in [0.15, 0.2) is 11.5 Å². The van der Waals surface area contributed by atoms with Gasteiger partial charge in [0.2, 0.25) is 0 Å². The molecule has 0 radical (unpaired) electrons. The summed E-state index contributed by atoms with van der Waals surface area (Å²) in [5, 5.41) is 8.30. The van der Waals surface area contributed by atoms with Gasteiger partial charge in [-0.25, -0.2) is 0 Å². The highest BCUT2D eigenvalue weighted by atomic mass is 16.5. The van der Waals surface area contributed by atoms with E-state index in [0.717, 1.165) is 5.56 Å². The highest BCUT2D eigenvalue weighted by Crippen LogP contribution is 2.25. The van der Waals surface area contributed by atoms with Crippen LogP contribution in [0.15, 0.2) is 54.7 Å². The molecule has 1 aromatic carbocycles. The monoisotopic (exact) mass is 281 g/mol. The fourth-order valence-electron chi connectivity index (χ4n) is 2.32. The van der Waals surface area contributed by atoms with Crippen molar-refractivity contribution in [1.82, 2.24) is 14.6 Å². The number of esters is 1. The molecule has 5 heteroatoms. The zero-order chi connectivity index (χ0) is 14.7. The molecule has 0 aliphatic carbocycles. The minimum atomic E-state index is -0.580. The first-order valence-corrected chi connectivity index (χ1v) is 6.82. The van der Waals surface area contributed by atoms with E-state index in [1.807, 2.05) is 59.1 Å². The Morgan fingerprint density at radius 2 is 1.90 bits per heavy atom. The van der Waals surface area contributed by atoms with Gasteiger partial charge in [0.05, 0.1) is 6.61 Å². The number of aromatic nitrogens is 3. The van der Waals surface area contributed by atoms with Crippen LogP contribution in [0, 0.1) is 0 Å². The highest BCUT2D eigenvalue weighted by Gasteiger charge is 2.28. The molecule has 2 aromatic heterocycles. The molecule has 0 aliphatic rings. The van der Waals surface area contributed by atoms with Crippen molar-refractivity contribution >= 4 is 11.6 Å². The van der Waals surface area contributed by atoms with Crippen LogP contribution in [0.4, 0.5) is 0 Å². The van der Waals surface area contributed by atoms with Crippen LogP contribution in [0.3, 0.4) is 0 Å². The van der Waals surface area contributed by atoms with Gasteiger partial charge in [0, 0.05) is 6.20 Å². The van der Waals surface area contributed by atoms with Crippen LogP contribution in [0.2, 0.25) is 0 Å². The lowest BCUT2D eigenvalue weighted by molar-refractivity contribution is -0.144. The molecule has 0 N–H and O–H groups in total. The molecule has 1 unspecified atom stereocenters. The van der Waals surface area contributed by atoms with Crippen LogP contribution in [-0.2, 0) is 9.53 Å². The number of rotatable bonds is 4. The molecular weight excluding hydrogens is 266 g/mol. The minimum absolute atomic E-state index is 0.318. The van der Waals surface area contributed by atoms with E-state index >= 15 is 0 Å². The van der Waals surface area contributed by atoms with Crippen molar-refractivity contribution in [2.75, 3.05) is 6.61 Å². The predicted octanol–water partition coefficient (Wildman–Crippen LogP) is 2.42. The van der Waals surface area contributed by atoms with Crippen molar-refractivity contribution in [3.05, 3.63) is 66.1 Å². The van der Waals surface area contributed by atoms with E-state index < -0.39 is 5.92 Å². The zero-order valence-corrected chi connectivity index (χ0v) is 11.6. The Morgan fingerprint density at radius 1 is 1.14 bits per heavy atom. The van der Waals surface area contributed by atoms with Gasteiger partial charge >= 0.3 is 5.97 Å². The lowest BCUT2D eigenvalue weighted by atomic mass is 9.98. The van der Waals surface area contributed by atoms with Crippen molar-refractivity contribution in [3.63, 3.8) is 0 Å². The second kappa shape index (κ2) is 5.75. The Balaban J connectivity index is 2.13. The second-order valence-corrected chi connectivity index (χ2v) is 4.58. The third kappa shape index (κ3) is 2.50. The van der Waals surface area contributed by atoms with Crippen LogP contribution in [-0.4, -0.2) is 27.2 Å². The number of fused-ring (bicyclic) bond motifs is 1. The van der Waals surface area contributed by atoms with Gasteiger partial charge < -0.3 is 4.74 Å². The number of hydrogen-bond acceptors (Lipinski definition) is 4. The summed E-state index contributed by atoms with van der Waals surface area (Å²) in [6, 6.07) is 15.1. The SMILES string of the molecule is CCOC(=O)C(c1ccccc1)c1nnc2ccccn12. The van der Waals surface area contributed by atoms with Gasteiger partial charge in [-0.1, -0.05) is 36.4 Å². The molecule has 2 heterocycles. The lowest BCUT2D eigenvalue weighted by Gasteiger charge is -2.14. The first-order valence-electron chi connectivity index (χ1n) is 6.82. The molecule has 0 amide bonds. The Bertz CT molecular complexity index is 752. The Labute approximate surface area is 122 Å². The topological polar surface area (TPSA) is 56.5 Å². The molecule has 1 atom stereocenters. The molecule has 0 aliphatic heterocycles. The molecular formula is C16H15N3O2. The molecule has 0 fully saturated rings. The third-order valence-electron chi connectivity index (χ3n) is 3.25. The molecule has 106 valence electrons. The number of hydrogen-bond donors (Lipinski definition) is 0. The van der Waals surface area contributed by atoms with Gasteiger partial charge in [0.25, 0.3) is 0 Å². The van der Waals surface area contributed by atoms with Gasteiger partial charge in [-0.05, 0) is 24.6 Å². The van der Waals surface area contributed by atoms with E-state index in [2.05, 4.69) is 10.2 Å². The Hall–Kier alpha value is -2.69. The molecule has 3 rings (SSSR count). The molecule has 0 bridgehead atoms. The molecule has 3 aromatic rings. The lowest BCUT2D eigenvalue weighted by Crippen LogP contribution is -2.19. The van der Waals surface area contributed by atoms with Crippen molar-refractivity contribution in [3.8, 4) is 0 Å². The quantitative estimate of drug-likeness (QED) is 0.689. The van der Waals surface area contributed by atoms with Crippen LogP contribution in [0.25, 0.3) is 5.65 Å². The van der Waals surface area contributed by atoms with Crippen molar-refractivity contribution < 1.29 is 9.53 Å². The molecule has 0 spiro atoms. The van der Waals surface area contributed by atoms with Crippen molar-refractivity contribution in [1.29, 1.82) is 0 Å². The van der Waals surface area contributed by atoms with E-state index in [1.165, 1.54) is 0 Å². The fourth-order valence-corrected chi connectivity index (χ4v) is 2.32. The van der Waals surface area contributed by atoms with Crippen LogP contribution >= 0.6 is 0 Å². The van der Waals surface area contributed by atoms with E-state index in [-0.39, 0.29) is 5.97 Å². The van der Waals surface area contributed by atoms with Crippen LogP contribution in [0.1, 0.15) is 24.2 Å². The van der Waals surface area contributed by atoms with E-state index in [0.29, 0.717) is 18.1 Å². The van der Waals surface area contributed by atoms with Gasteiger partial charge in [-0.15, -0.1) is 10.2 Å². The first kappa shape index (κ1) is 13.3. The van der Waals surface area contributed by atoms with Gasteiger partial charge in [-0.2, -0.15) is 0 Å². The number of carbonyl (C=O) groups is 1. The van der Waals surface area contributed by atoms with E-state index in [4.69, 9.17) is 4.74 Å². The molecule has 0 saturated heterocycles. The van der Waals surface area contributed by atoms with Crippen molar-refractivity contribution in [2.24, 2.45) is 0 Å². The third-order valence-corrected chi connectivity index (χ3v) is 3.25. The van der Waals surface area contributed by atoms with Gasteiger partial charge in [-0.3, -0.25) is 9.20 Å². The normalized spacial score (nSPS) is 12.2. The highest BCUT2D eigenvalue weighted by molar-refractivity contribution is 5.81. The summed E-state index contributed by atoms with van der Waals surface area (Å²) < 4.78 is 7.03. The smallest absolute Gasteiger partial charge is 0.321 e. The largest absolute Gasteiger partial charge is 0.465 e. The van der Waals surface area contributed by atoms with Crippen LogP contribution in [0.5, 0.6) is 0 Å².